The lowest BCUT2D eigenvalue weighted by Gasteiger charge is -2.47. The molecule has 0 aliphatic carbocycles. The van der Waals surface area contributed by atoms with Gasteiger partial charge < -0.3 is 24.3 Å². The Morgan fingerprint density at radius 2 is 1.71 bits per heavy atom. The molecule has 3 aromatic rings. The van der Waals surface area contributed by atoms with E-state index in [2.05, 4.69) is 5.32 Å². The van der Waals surface area contributed by atoms with Gasteiger partial charge in [-0.05, 0) is 36.4 Å². The van der Waals surface area contributed by atoms with Crippen LogP contribution < -0.4 is 24.3 Å². The maximum Gasteiger partial charge on any atom is 0.267 e. The number of carbonyl (C=O) groups is 2. The van der Waals surface area contributed by atoms with E-state index in [1.807, 2.05) is 18.2 Å². The number of nitrogens with zero attached hydrogens (tertiary/aromatic N) is 1. The van der Waals surface area contributed by atoms with Gasteiger partial charge in [0, 0.05) is 42.3 Å². The molecule has 0 aromatic heterocycles. The third-order valence-corrected chi connectivity index (χ3v) is 6.52. The van der Waals surface area contributed by atoms with Crippen molar-refractivity contribution in [2.45, 2.75) is 18.6 Å². The minimum atomic E-state index is -1.08. The van der Waals surface area contributed by atoms with Crippen LogP contribution in [-0.2, 0) is 0 Å². The van der Waals surface area contributed by atoms with Crippen LogP contribution in [0, 0.1) is 0 Å². The maximum atomic E-state index is 14.0. The van der Waals surface area contributed by atoms with Crippen molar-refractivity contribution in [2.75, 3.05) is 34.4 Å². The van der Waals surface area contributed by atoms with Crippen molar-refractivity contribution < 1.29 is 28.5 Å². The lowest BCUT2D eigenvalue weighted by molar-refractivity contribution is -0.0777. The molecule has 2 aliphatic heterocycles. The van der Waals surface area contributed by atoms with E-state index in [1.165, 1.54) is 12.0 Å². The first kappa shape index (κ1) is 22.0. The molecule has 1 spiro atoms. The Labute approximate surface area is 197 Å². The number of fused-ring (bicyclic) bond motifs is 2. The highest BCUT2D eigenvalue weighted by atomic mass is 16.5. The van der Waals surface area contributed by atoms with E-state index in [-0.39, 0.29) is 0 Å². The topological polar surface area (TPSA) is 86.3 Å². The van der Waals surface area contributed by atoms with Crippen LogP contribution in [0.25, 0.3) is 10.8 Å². The Morgan fingerprint density at radius 3 is 2.41 bits per heavy atom. The summed E-state index contributed by atoms with van der Waals surface area (Å²) in [5.41, 5.74) is -0.471. The Morgan fingerprint density at radius 1 is 0.941 bits per heavy atom. The van der Waals surface area contributed by atoms with Gasteiger partial charge in [0.2, 0.25) is 0 Å². The van der Waals surface area contributed by atoms with Crippen molar-refractivity contribution >= 4 is 22.6 Å². The number of imide groups is 1. The van der Waals surface area contributed by atoms with Gasteiger partial charge in [0.05, 0.1) is 26.9 Å². The summed E-state index contributed by atoms with van der Waals surface area (Å²) in [7, 11) is 4.66. The smallest absolute Gasteiger partial charge is 0.267 e. The SMILES string of the molecule is COc1ccc2c(c1)C(=O)N(C(=O)c1cc(OC)c3cccc(OC)c3c1)C1(CCNCC1)O2. The zero-order valence-electron chi connectivity index (χ0n) is 19.3. The number of methoxy groups -OCH3 is 3. The third-order valence-electron chi connectivity index (χ3n) is 6.52. The van der Waals surface area contributed by atoms with Crippen LogP contribution in [0.5, 0.6) is 23.0 Å². The van der Waals surface area contributed by atoms with Gasteiger partial charge in [0.1, 0.15) is 23.0 Å². The molecule has 2 aliphatic rings. The van der Waals surface area contributed by atoms with E-state index >= 15 is 0 Å². The molecule has 1 N–H and O–H groups in total. The zero-order chi connectivity index (χ0) is 23.9. The van der Waals surface area contributed by atoms with Gasteiger partial charge in [-0.2, -0.15) is 0 Å². The second-order valence-corrected chi connectivity index (χ2v) is 8.34. The van der Waals surface area contributed by atoms with Gasteiger partial charge in [0.25, 0.3) is 11.8 Å². The van der Waals surface area contributed by atoms with E-state index in [1.54, 1.807) is 44.6 Å². The van der Waals surface area contributed by atoms with Crippen molar-refractivity contribution in [3.63, 3.8) is 0 Å². The average Bonchev–Trinajstić information content (AvgIpc) is 2.87. The molecule has 0 radical (unpaired) electrons. The summed E-state index contributed by atoms with van der Waals surface area (Å²) in [5.74, 6) is 1.23. The molecule has 0 saturated carbocycles. The van der Waals surface area contributed by atoms with Crippen molar-refractivity contribution in [3.05, 3.63) is 59.7 Å². The Bertz CT molecular complexity index is 1280. The minimum Gasteiger partial charge on any atom is -0.497 e. The number of ether oxygens (including phenoxy) is 4. The van der Waals surface area contributed by atoms with Gasteiger partial charge in [-0.1, -0.05) is 12.1 Å². The van der Waals surface area contributed by atoms with Crippen LogP contribution in [0.2, 0.25) is 0 Å². The molecule has 3 aromatic carbocycles. The summed E-state index contributed by atoms with van der Waals surface area (Å²) >= 11 is 0. The largest absolute Gasteiger partial charge is 0.497 e. The van der Waals surface area contributed by atoms with Gasteiger partial charge in [0.15, 0.2) is 5.72 Å². The first-order valence-electron chi connectivity index (χ1n) is 11.1. The number of piperidine rings is 1. The molecular formula is C26H26N2O6. The fourth-order valence-corrected chi connectivity index (χ4v) is 4.79. The first-order valence-corrected chi connectivity index (χ1v) is 11.1. The van der Waals surface area contributed by atoms with Crippen LogP contribution in [0.15, 0.2) is 48.5 Å². The molecule has 8 heteroatoms. The lowest BCUT2D eigenvalue weighted by Crippen LogP contribution is -2.64. The first-order chi connectivity index (χ1) is 16.5. The molecule has 2 heterocycles. The maximum absolute atomic E-state index is 14.0. The zero-order valence-corrected chi connectivity index (χ0v) is 19.3. The molecule has 1 fully saturated rings. The normalized spacial score (nSPS) is 16.7. The molecule has 0 atom stereocenters. The van der Waals surface area contributed by atoms with E-state index in [0.29, 0.717) is 60.1 Å². The minimum absolute atomic E-state index is 0.294. The predicted octanol–water partition coefficient (Wildman–Crippen LogP) is 3.62. The predicted molar refractivity (Wildman–Crippen MR) is 126 cm³/mol. The summed E-state index contributed by atoms with van der Waals surface area (Å²) in [5, 5.41) is 4.82. The molecule has 5 rings (SSSR count). The van der Waals surface area contributed by atoms with Gasteiger partial charge in [-0.15, -0.1) is 0 Å². The second kappa shape index (κ2) is 8.53. The monoisotopic (exact) mass is 462 g/mol. The summed E-state index contributed by atoms with van der Waals surface area (Å²) in [6.07, 6.45) is 0.952. The highest BCUT2D eigenvalue weighted by Gasteiger charge is 2.51. The van der Waals surface area contributed by atoms with Crippen molar-refractivity contribution in [1.82, 2.24) is 10.2 Å². The third kappa shape index (κ3) is 3.42. The van der Waals surface area contributed by atoms with Crippen molar-refractivity contribution in [1.29, 1.82) is 0 Å². The highest BCUT2D eigenvalue weighted by Crippen LogP contribution is 2.42. The van der Waals surface area contributed by atoms with Gasteiger partial charge in [-0.3, -0.25) is 9.59 Å². The number of nitrogens with one attached hydrogen (secondary N) is 1. The van der Waals surface area contributed by atoms with E-state index in [9.17, 15) is 9.59 Å². The van der Waals surface area contributed by atoms with Crippen molar-refractivity contribution in [2.24, 2.45) is 0 Å². The summed E-state index contributed by atoms with van der Waals surface area (Å²) < 4.78 is 22.8. The van der Waals surface area contributed by atoms with Crippen LogP contribution in [0.3, 0.4) is 0 Å². The number of hydrogen-bond donors (Lipinski definition) is 1. The molecule has 34 heavy (non-hydrogen) atoms. The number of rotatable bonds is 4. The molecule has 1 saturated heterocycles. The van der Waals surface area contributed by atoms with Crippen LogP contribution in [0.4, 0.5) is 0 Å². The molecule has 0 unspecified atom stereocenters. The Hall–Kier alpha value is -3.78. The second-order valence-electron chi connectivity index (χ2n) is 8.34. The molecule has 0 bridgehead atoms. The van der Waals surface area contributed by atoms with E-state index in [4.69, 9.17) is 18.9 Å². The average molecular weight is 463 g/mol. The van der Waals surface area contributed by atoms with Crippen LogP contribution >= 0.6 is 0 Å². The van der Waals surface area contributed by atoms with Crippen LogP contribution in [0.1, 0.15) is 33.6 Å². The molecular weight excluding hydrogens is 436 g/mol. The standard InChI is InChI=1S/C26H26N2O6/c1-31-17-7-8-22-20(15-17)25(30)28(26(34-22)9-11-27-12-10-26)24(29)16-13-19-18(23(14-16)33-3)5-4-6-21(19)32-2/h4-8,13-15,27H,9-12H2,1-3H3. The molecule has 2 amide bonds. The summed E-state index contributed by atoms with van der Waals surface area (Å²) in [4.78, 5) is 29.1. The molecule has 8 nitrogen and oxygen atoms in total. The summed E-state index contributed by atoms with van der Waals surface area (Å²) in [6.45, 7) is 1.24. The lowest BCUT2D eigenvalue weighted by atomic mass is 9.93. The highest BCUT2D eigenvalue weighted by molar-refractivity contribution is 6.14. The number of hydrogen-bond acceptors (Lipinski definition) is 7. The van der Waals surface area contributed by atoms with E-state index in [0.717, 1.165) is 10.8 Å². The quantitative estimate of drug-likeness (QED) is 0.593. The van der Waals surface area contributed by atoms with Gasteiger partial charge >= 0.3 is 0 Å². The number of benzene rings is 3. The summed E-state index contributed by atoms with van der Waals surface area (Å²) in [6, 6.07) is 14.1. The Kier molecular flexibility index (Phi) is 5.53. The number of amides is 2. The van der Waals surface area contributed by atoms with Crippen LogP contribution in [-0.4, -0.2) is 56.9 Å². The molecule has 176 valence electrons. The van der Waals surface area contributed by atoms with Gasteiger partial charge in [-0.25, -0.2) is 4.90 Å². The Balaban J connectivity index is 1.66. The fourth-order valence-electron chi connectivity index (χ4n) is 4.79. The fraction of sp³-hybridized carbons (Fsp3) is 0.308. The number of carbonyl (C=O) groups excluding carboxylic acids is 2. The van der Waals surface area contributed by atoms with Crippen molar-refractivity contribution in [3.8, 4) is 23.0 Å². The van der Waals surface area contributed by atoms with E-state index < -0.39 is 17.5 Å².